The SMILES string of the molecule is Cc1nc(C(NN)c2cccc(F)c2)cs1. The minimum atomic E-state index is -0.273. The van der Waals surface area contributed by atoms with Crippen LogP contribution < -0.4 is 11.3 Å². The zero-order valence-electron chi connectivity index (χ0n) is 8.77. The van der Waals surface area contributed by atoms with Crippen LogP contribution in [0.4, 0.5) is 4.39 Å². The van der Waals surface area contributed by atoms with Gasteiger partial charge in [0.15, 0.2) is 0 Å². The quantitative estimate of drug-likeness (QED) is 0.635. The number of hydrazine groups is 1. The molecule has 1 aromatic carbocycles. The minimum absolute atomic E-state index is 0.263. The molecule has 5 heteroatoms. The lowest BCUT2D eigenvalue weighted by Gasteiger charge is -2.13. The number of nitrogens with two attached hydrogens (primary N) is 1. The minimum Gasteiger partial charge on any atom is -0.271 e. The smallest absolute Gasteiger partial charge is 0.123 e. The maximum atomic E-state index is 13.1. The van der Waals surface area contributed by atoms with Crippen LogP contribution in [0.15, 0.2) is 29.6 Å². The van der Waals surface area contributed by atoms with Gasteiger partial charge in [0.05, 0.1) is 16.7 Å². The second-order valence-electron chi connectivity index (χ2n) is 3.45. The number of thiazole rings is 1. The largest absolute Gasteiger partial charge is 0.271 e. The Hall–Kier alpha value is -1.30. The Balaban J connectivity index is 2.36. The van der Waals surface area contributed by atoms with E-state index in [0.717, 1.165) is 16.3 Å². The summed E-state index contributed by atoms with van der Waals surface area (Å²) in [6, 6.07) is 6.08. The molecule has 0 spiro atoms. The summed E-state index contributed by atoms with van der Waals surface area (Å²) in [5.74, 6) is 5.21. The molecule has 1 heterocycles. The highest BCUT2D eigenvalue weighted by Gasteiger charge is 2.15. The first-order chi connectivity index (χ1) is 7.70. The van der Waals surface area contributed by atoms with Crippen molar-refractivity contribution in [3.63, 3.8) is 0 Å². The highest BCUT2D eigenvalue weighted by Crippen LogP contribution is 2.23. The number of nitrogens with zero attached hydrogens (tertiary/aromatic N) is 1. The van der Waals surface area contributed by atoms with Gasteiger partial charge >= 0.3 is 0 Å². The first-order valence-electron chi connectivity index (χ1n) is 4.84. The fraction of sp³-hybridized carbons (Fsp3) is 0.182. The van der Waals surface area contributed by atoms with Gasteiger partial charge in [-0.05, 0) is 24.6 Å². The van der Waals surface area contributed by atoms with Crippen molar-refractivity contribution in [1.82, 2.24) is 10.4 Å². The molecule has 1 unspecified atom stereocenters. The number of aromatic nitrogens is 1. The van der Waals surface area contributed by atoms with Gasteiger partial charge in [-0.1, -0.05) is 12.1 Å². The molecular weight excluding hydrogens is 225 g/mol. The van der Waals surface area contributed by atoms with Crippen LogP contribution >= 0.6 is 11.3 Å². The average Bonchev–Trinajstić information content (AvgIpc) is 2.66. The van der Waals surface area contributed by atoms with Crippen molar-refractivity contribution >= 4 is 11.3 Å². The van der Waals surface area contributed by atoms with Crippen LogP contribution in [0.25, 0.3) is 0 Å². The molecule has 2 rings (SSSR count). The molecule has 1 aromatic heterocycles. The summed E-state index contributed by atoms with van der Waals surface area (Å²) in [7, 11) is 0. The molecule has 0 bridgehead atoms. The van der Waals surface area contributed by atoms with Gasteiger partial charge in [0.25, 0.3) is 0 Å². The van der Waals surface area contributed by atoms with Crippen molar-refractivity contribution in [2.45, 2.75) is 13.0 Å². The number of rotatable bonds is 3. The summed E-state index contributed by atoms with van der Waals surface area (Å²) in [6.07, 6.45) is 0. The summed E-state index contributed by atoms with van der Waals surface area (Å²) in [5.41, 5.74) is 4.24. The Labute approximate surface area is 97.1 Å². The fourth-order valence-corrected chi connectivity index (χ4v) is 2.19. The van der Waals surface area contributed by atoms with Gasteiger partial charge in [0.1, 0.15) is 5.82 Å². The van der Waals surface area contributed by atoms with Crippen LogP contribution in [-0.2, 0) is 0 Å². The van der Waals surface area contributed by atoms with E-state index in [1.165, 1.54) is 12.1 Å². The molecule has 0 amide bonds. The van der Waals surface area contributed by atoms with Gasteiger partial charge < -0.3 is 0 Å². The van der Waals surface area contributed by atoms with Crippen LogP contribution in [0.1, 0.15) is 22.3 Å². The molecule has 2 aromatic rings. The molecule has 0 aliphatic carbocycles. The van der Waals surface area contributed by atoms with Crippen molar-refractivity contribution in [2.24, 2.45) is 5.84 Å². The van der Waals surface area contributed by atoms with Gasteiger partial charge in [-0.15, -0.1) is 11.3 Å². The lowest BCUT2D eigenvalue weighted by atomic mass is 10.1. The van der Waals surface area contributed by atoms with E-state index in [-0.39, 0.29) is 11.9 Å². The first-order valence-corrected chi connectivity index (χ1v) is 5.72. The van der Waals surface area contributed by atoms with Crippen molar-refractivity contribution in [3.8, 4) is 0 Å². The van der Waals surface area contributed by atoms with Gasteiger partial charge in [0.2, 0.25) is 0 Å². The highest BCUT2D eigenvalue weighted by atomic mass is 32.1. The molecule has 3 N–H and O–H groups in total. The molecule has 0 aliphatic heterocycles. The number of aryl methyl sites for hydroxylation is 1. The Morgan fingerprint density at radius 1 is 1.50 bits per heavy atom. The molecule has 0 radical (unpaired) electrons. The van der Waals surface area contributed by atoms with E-state index in [0.29, 0.717) is 0 Å². The predicted octanol–water partition coefficient (Wildman–Crippen LogP) is 2.14. The molecule has 3 nitrogen and oxygen atoms in total. The third-order valence-electron chi connectivity index (χ3n) is 2.28. The third-order valence-corrected chi connectivity index (χ3v) is 3.07. The van der Waals surface area contributed by atoms with Crippen LogP contribution in [0.2, 0.25) is 0 Å². The van der Waals surface area contributed by atoms with E-state index < -0.39 is 0 Å². The van der Waals surface area contributed by atoms with Crippen molar-refractivity contribution in [3.05, 3.63) is 51.7 Å². The maximum absolute atomic E-state index is 13.1. The Kier molecular flexibility index (Phi) is 3.28. The topological polar surface area (TPSA) is 50.9 Å². The van der Waals surface area contributed by atoms with Crippen LogP contribution in [0.3, 0.4) is 0 Å². The van der Waals surface area contributed by atoms with Crippen molar-refractivity contribution in [2.75, 3.05) is 0 Å². The number of halogens is 1. The van der Waals surface area contributed by atoms with E-state index in [1.807, 2.05) is 18.4 Å². The zero-order valence-corrected chi connectivity index (χ0v) is 9.59. The lowest BCUT2D eigenvalue weighted by molar-refractivity contribution is 0.599. The van der Waals surface area contributed by atoms with Gasteiger partial charge in [-0.3, -0.25) is 5.84 Å². The fourth-order valence-electron chi connectivity index (χ4n) is 1.55. The molecule has 0 saturated heterocycles. The maximum Gasteiger partial charge on any atom is 0.123 e. The van der Waals surface area contributed by atoms with Crippen molar-refractivity contribution < 1.29 is 4.39 Å². The monoisotopic (exact) mass is 237 g/mol. The molecule has 0 fully saturated rings. The Morgan fingerprint density at radius 2 is 2.31 bits per heavy atom. The van der Waals surface area contributed by atoms with Gasteiger partial charge in [0, 0.05) is 5.38 Å². The van der Waals surface area contributed by atoms with E-state index in [2.05, 4.69) is 10.4 Å². The van der Waals surface area contributed by atoms with Crippen LogP contribution in [0, 0.1) is 12.7 Å². The lowest BCUT2D eigenvalue weighted by Crippen LogP contribution is -2.29. The summed E-state index contributed by atoms with van der Waals surface area (Å²) in [5, 5.41) is 2.89. The summed E-state index contributed by atoms with van der Waals surface area (Å²) >= 11 is 1.55. The third kappa shape index (κ3) is 2.27. The standard InChI is InChI=1S/C11H12FN3S/c1-7-14-10(6-16-7)11(15-13)8-3-2-4-9(12)5-8/h2-6,11,15H,13H2,1H3. The zero-order chi connectivity index (χ0) is 11.5. The molecule has 1 atom stereocenters. The average molecular weight is 237 g/mol. The molecule has 16 heavy (non-hydrogen) atoms. The van der Waals surface area contributed by atoms with E-state index in [9.17, 15) is 4.39 Å². The molecule has 84 valence electrons. The molecular formula is C11H12FN3S. The Bertz CT molecular complexity index is 484. The summed E-state index contributed by atoms with van der Waals surface area (Å²) < 4.78 is 13.1. The van der Waals surface area contributed by atoms with Gasteiger partial charge in [-0.25, -0.2) is 14.8 Å². The summed E-state index contributed by atoms with van der Waals surface area (Å²) in [6.45, 7) is 1.92. The van der Waals surface area contributed by atoms with E-state index in [4.69, 9.17) is 5.84 Å². The number of hydrogen-bond donors (Lipinski definition) is 2. The normalized spacial score (nSPS) is 12.7. The molecule has 0 aliphatic rings. The second kappa shape index (κ2) is 4.69. The molecule has 0 saturated carbocycles. The van der Waals surface area contributed by atoms with Crippen molar-refractivity contribution in [1.29, 1.82) is 0 Å². The number of nitrogens with one attached hydrogen (secondary N) is 1. The van der Waals surface area contributed by atoms with E-state index >= 15 is 0 Å². The number of hydrogen-bond acceptors (Lipinski definition) is 4. The second-order valence-corrected chi connectivity index (χ2v) is 4.51. The van der Waals surface area contributed by atoms with Crippen LogP contribution in [0.5, 0.6) is 0 Å². The van der Waals surface area contributed by atoms with Gasteiger partial charge in [-0.2, -0.15) is 0 Å². The first kappa shape index (κ1) is 11.2. The number of benzene rings is 1. The van der Waals surface area contributed by atoms with Crippen LogP contribution in [-0.4, -0.2) is 4.98 Å². The predicted molar refractivity (Wildman–Crippen MR) is 62.4 cm³/mol. The Morgan fingerprint density at radius 3 is 2.88 bits per heavy atom. The van der Waals surface area contributed by atoms with E-state index in [1.54, 1.807) is 17.4 Å². The highest BCUT2D eigenvalue weighted by molar-refractivity contribution is 7.09. The summed E-state index contributed by atoms with van der Waals surface area (Å²) in [4.78, 5) is 4.34.